The Balaban J connectivity index is 1.61. The lowest BCUT2D eigenvalue weighted by Gasteiger charge is -2.59. The molecule has 0 radical (unpaired) electrons. The first-order valence-corrected chi connectivity index (χ1v) is 12.0. The van der Waals surface area contributed by atoms with Crippen molar-refractivity contribution in [1.82, 2.24) is 0 Å². The smallest absolute Gasteiger partial charge is 0.119 e. The number of rotatable bonds is 7. The van der Waals surface area contributed by atoms with Crippen LogP contribution in [0.25, 0.3) is 0 Å². The van der Waals surface area contributed by atoms with Crippen LogP contribution < -0.4 is 4.74 Å². The molecule has 0 spiro atoms. The fraction of sp³-hybridized carbons (Fsp3) is 0.536. The molecule has 2 aromatic carbocycles. The Morgan fingerprint density at radius 3 is 2.62 bits per heavy atom. The van der Waals surface area contributed by atoms with Crippen molar-refractivity contribution in [3.8, 4) is 11.8 Å². The van der Waals surface area contributed by atoms with E-state index in [0.717, 1.165) is 43.4 Å². The highest BCUT2D eigenvalue weighted by Gasteiger charge is 2.60. The first-order valence-electron chi connectivity index (χ1n) is 12.0. The highest BCUT2D eigenvalue weighted by Crippen LogP contribution is 2.60. The summed E-state index contributed by atoms with van der Waals surface area (Å²) < 4.78 is 5.95. The van der Waals surface area contributed by atoms with Gasteiger partial charge >= 0.3 is 0 Å². The maximum absolute atomic E-state index is 11.8. The van der Waals surface area contributed by atoms with Gasteiger partial charge in [0.2, 0.25) is 0 Å². The summed E-state index contributed by atoms with van der Waals surface area (Å²) in [4.78, 5) is 0. The minimum Gasteiger partial charge on any atom is -0.494 e. The maximum atomic E-state index is 11.8. The average Bonchev–Trinajstić information content (AvgIpc) is 2.80. The van der Waals surface area contributed by atoms with E-state index in [0.29, 0.717) is 31.8 Å². The van der Waals surface area contributed by atoms with Crippen molar-refractivity contribution in [2.24, 2.45) is 5.92 Å². The monoisotopic (exact) mass is 433 g/mol. The van der Waals surface area contributed by atoms with Crippen molar-refractivity contribution in [1.29, 1.82) is 5.26 Å². The van der Waals surface area contributed by atoms with Gasteiger partial charge in [-0.15, -0.1) is 0 Å². The third kappa shape index (κ3) is 3.83. The zero-order valence-corrected chi connectivity index (χ0v) is 19.3. The summed E-state index contributed by atoms with van der Waals surface area (Å²) in [5, 5.41) is 32.1. The molecule has 170 valence electrons. The van der Waals surface area contributed by atoms with Gasteiger partial charge in [0.1, 0.15) is 11.4 Å². The molecular weight excluding hydrogens is 398 g/mol. The van der Waals surface area contributed by atoms with Crippen LogP contribution in [0.1, 0.15) is 75.5 Å². The maximum Gasteiger partial charge on any atom is 0.119 e. The molecule has 2 N–H and O–H groups in total. The number of fused-ring (bicyclic) bond motifs is 3. The number of nitrogens with zero attached hydrogens (tertiary/aromatic N) is 1. The van der Waals surface area contributed by atoms with Gasteiger partial charge in [-0.2, -0.15) is 5.26 Å². The molecule has 32 heavy (non-hydrogen) atoms. The molecule has 2 aliphatic carbocycles. The van der Waals surface area contributed by atoms with Crippen LogP contribution in [0.5, 0.6) is 5.75 Å². The van der Waals surface area contributed by atoms with Crippen molar-refractivity contribution in [3.63, 3.8) is 0 Å². The molecule has 0 bridgehead atoms. The minimum atomic E-state index is -1.25. The molecule has 0 amide bonds. The lowest BCUT2D eigenvalue weighted by molar-refractivity contribution is -0.205. The molecule has 0 aromatic heterocycles. The topological polar surface area (TPSA) is 73.5 Å². The van der Waals surface area contributed by atoms with E-state index in [2.05, 4.69) is 31.2 Å². The number of aliphatic hydroxyl groups is 2. The van der Waals surface area contributed by atoms with E-state index in [1.807, 2.05) is 30.3 Å². The van der Waals surface area contributed by atoms with Gasteiger partial charge in [0, 0.05) is 11.8 Å². The Hall–Kier alpha value is -2.35. The van der Waals surface area contributed by atoms with Crippen LogP contribution in [0.2, 0.25) is 0 Å². The van der Waals surface area contributed by atoms with Crippen LogP contribution in [0.15, 0.2) is 48.5 Å². The Bertz CT molecular complexity index is 980. The SMILES string of the molecule is CCC12CC(C)(O)C(O)(c3ccccc3)C[C@H]1CCc1cc(OCCCCC#N)ccc12. The third-order valence-electron chi connectivity index (χ3n) is 8.08. The lowest BCUT2D eigenvalue weighted by Crippen LogP contribution is -2.62. The molecule has 1 saturated carbocycles. The van der Waals surface area contributed by atoms with Gasteiger partial charge in [0.05, 0.1) is 18.3 Å². The lowest BCUT2D eigenvalue weighted by atomic mass is 9.49. The van der Waals surface area contributed by atoms with Crippen molar-refractivity contribution < 1.29 is 14.9 Å². The van der Waals surface area contributed by atoms with Crippen molar-refractivity contribution in [2.75, 3.05) is 6.61 Å². The number of ether oxygens (including phenoxy) is 1. The van der Waals surface area contributed by atoms with Crippen LogP contribution in [-0.2, 0) is 17.4 Å². The molecule has 2 aliphatic rings. The van der Waals surface area contributed by atoms with Gasteiger partial charge < -0.3 is 14.9 Å². The van der Waals surface area contributed by atoms with Crippen molar-refractivity contribution in [3.05, 3.63) is 65.2 Å². The van der Waals surface area contributed by atoms with E-state index in [1.165, 1.54) is 11.1 Å². The standard InChI is InChI=1S/C28H35NO3/c1-3-27-20-26(2,30)28(31,22-10-6-4-7-11-22)19-23(27)13-12-21-18-24(14-15-25(21)27)32-17-9-5-8-16-29/h4,6-7,10-11,14-15,18,23,30-31H,3,5,8-9,12-13,17,19-20H2,1-2H3/t23-,26?,27?,28?/m1/s1. The Labute approximate surface area is 191 Å². The molecule has 4 rings (SSSR count). The van der Waals surface area contributed by atoms with Crippen LogP contribution in [0.4, 0.5) is 0 Å². The van der Waals surface area contributed by atoms with Gasteiger partial charge in [-0.05, 0) is 86.6 Å². The number of nitriles is 1. The summed E-state index contributed by atoms with van der Waals surface area (Å²) in [6.07, 6.45) is 6.30. The van der Waals surface area contributed by atoms with E-state index in [9.17, 15) is 10.2 Å². The molecule has 0 aliphatic heterocycles. The fourth-order valence-electron chi connectivity index (χ4n) is 6.30. The second-order valence-corrected chi connectivity index (χ2v) is 9.91. The summed E-state index contributed by atoms with van der Waals surface area (Å²) in [5.41, 5.74) is 0.791. The molecule has 0 heterocycles. The highest BCUT2D eigenvalue weighted by molar-refractivity contribution is 5.45. The highest BCUT2D eigenvalue weighted by atomic mass is 16.5. The van der Waals surface area contributed by atoms with E-state index in [1.54, 1.807) is 6.92 Å². The predicted octanol–water partition coefficient (Wildman–Crippen LogP) is 5.40. The van der Waals surface area contributed by atoms with Crippen molar-refractivity contribution >= 4 is 0 Å². The molecule has 4 nitrogen and oxygen atoms in total. The minimum absolute atomic E-state index is 0.149. The van der Waals surface area contributed by atoms with E-state index in [-0.39, 0.29) is 5.41 Å². The summed E-state index contributed by atoms with van der Waals surface area (Å²) >= 11 is 0. The summed E-state index contributed by atoms with van der Waals surface area (Å²) in [6.45, 7) is 4.64. The largest absolute Gasteiger partial charge is 0.494 e. The first kappa shape index (κ1) is 22.8. The zero-order valence-electron chi connectivity index (χ0n) is 19.3. The number of benzene rings is 2. The summed E-state index contributed by atoms with van der Waals surface area (Å²) in [7, 11) is 0. The predicted molar refractivity (Wildman–Crippen MR) is 125 cm³/mol. The van der Waals surface area contributed by atoms with Crippen LogP contribution >= 0.6 is 0 Å². The number of hydrogen-bond donors (Lipinski definition) is 2. The number of aryl methyl sites for hydroxylation is 1. The van der Waals surface area contributed by atoms with Crippen LogP contribution in [0, 0.1) is 17.2 Å². The molecule has 3 unspecified atom stereocenters. The molecule has 1 fully saturated rings. The Kier molecular flexibility index (Phi) is 6.34. The summed E-state index contributed by atoms with van der Waals surface area (Å²) in [6, 6.07) is 18.3. The second-order valence-electron chi connectivity index (χ2n) is 9.91. The molecule has 0 saturated heterocycles. The van der Waals surface area contributed by atoms with E-state index >= 15 is 0 Å². The molecule has 4 atom stereocenters. The molecule has 4 heteroatoms. The fourth-order valence-corrected chi connectivity index (χ4v) is 6.30. The van der Waals surface area contributed by atoms with E-state index < -0.39 is 11.2 Å². The van der Waals surface area contributed by atoms with E-state index in [4.69, 9.17) is 10.00 Å². The van der Waals surface area contributed by atoms with Gasteiger partial charge in [-0.25, -0.2) is 0 Å². The van der Waals surface area contributed by atoms with Crippen LogP contribution in [-0.4, -0.2) is 22.4 Å². The third-order valence-corrected chi connectivity index (χ3v) is 8.08. The first-order chi connectivity index (χ1) is 15.4. The average molecular weight is 434 g/mol. The Morgan fingerprint density at radius 2 is 1.91 bits per heavy atom. The van der Waals surface area contributed by atoms with Gasteiger partial charge in [0.15, 0.2) is 0 Å². The number of hydrogen-bond acceptors (Lipinski definition) is 4. The van der Waals surface area contributed by atoms with Crippen LogP contribution in [0.3, 0.4) is 0 Å². The normalized spacial score (nSPS) is 31.3. The zero-order chi connectivity index (χ0) is 22.8. The van der Waals surface area contributed by atoms with Crippen molar-refractivity contribution in [2.45, 2.75) is 81.8 Å². The molecular formula is C28H35NO3. The molecule has 2 aromatic rings. The Morgan fingerprint density at radius 1 is 1.12 bits per heavy atom. The number of unbranched alkanes of at least 4 members (excludes halogenated alkanes) is 2. The van der Waals surface area contributed by atoms with Gasteiger partial charge in [-0.1, -0.05) is 43.3 Å². The van der Waals surface area contributed by atoms with Gasteiger partial charge in [-0.3, -0.25) is 0 Å². The second kappa shape index (κ2) is 8.89. The quantitative estimate of drug-likeness (QED) is 0.573. The summed E-state index contributed by atoms with van der Waals surface area (Å²) in [5.74, 6) is 1.19. The van der Waals surface area contributed by atoms with Gasteiger partial charge in [0.25, 0.3) is 0 Å².